The van der Waals surface area contributed by atoms with Gasteiger partial charge in [-0.15, -0.1) is 0 Å². The quantitative estimate of drug-likeness (QED) is 0.896. The molecule has 1 aromatic carbocycles. The molecule has 0 spiro atoms. The number of methoxy groups -OCH3 is 1. The molecule has 2 atom stereocenters. The second-order valence-electron chi connectivity index (χ2n) is 6.26. The minimum absolute atomic E-state index is 0.329. The lowest BCUT2D eigenvalue weighted by Gasteiger charge is -2.26. The molecule has 0 saturated carbocycles. The number of thioether (sulfide) groups is 1. The first-order chi connectivity index (χ1) is 10.9. The first-order valence-electron chi connectivity index (χ1n) is 8.50. The van der Waals surface area contributed by atoms with Crippen LogP contribution in [-0.2, 0) is 6.42 Å². The maximum atomic E-state index is 6.24. The number of piperidine rings is 1. The molecule has 3 nitrogen and oxygen atoms in total. The van der Waals surface area contributed by atoms with E-state index < -0.39 is 0 Å². The first kappa shape index (κ1) is 16.0. The van der Waals surface area contributed by atoms with Gasteiger partial charge >= 0.3 is 0 Å². The average Bonchev–Trinajstić information content (AvgIpc) is 2.57. The van der Waals surface area contributed by atoms with Gasteiger partial charge in [-0.3, -0.25) is 0 Å². The van der Waals surface area contributed by atoms with E-state index in [1.54, 1.807) is 7.11 Å². The molecule has 0 amide bonds. The molecule has 22 heavy (non-hydrogen) atoms. The molecule has 2 aliphatic heterocycles. The number of benzene rings is 1. The topological polar surface area (TPSA) is 30.5 Å². The summed E-state index contributed by atoms with van der Waals surface area (Å²) in [5.74, 6) is 4.22. The lowest BCUT2D eigenvalue weighted by Crippen LogP contribution is -2.35. The molecule has 0 bridgehead atoms. The van der Waals surface area contributed by atoms with Crippen LogP contribution in [-0.4, -0.2) is 37.3 Å². The van der Waals surface area contributed by atoms with E-state index in [9.17, 15) is 0 Å². The predicted molar refractivity (Wildman–Crippen MR) is 93.3 cm³/mol. The molecule has 4 heteroatoms. The van der Waals surface area contributed by atoms with Crippen molar-refractivity contribution in [3.05, 3.63) is 23.8 Å². The Bertz CT molecular complexity index is 430. The summed E-state index contributed by atoms with van der Waals surface area (Å²) in [5.41, 5.74) is 1.27. The van der Waals surface area contributed by atoms with Crippen molar-refractivity contribution in [1.29, 1.82) is 0 Å². The van der Waals surface area contributed by atoms with Crippen molar-refractivity contribution in [3.8, 4) is 11.5 Å². The molecule has 2 saturated heterocycles. The number of hydrogen-bond acceptors (Lipinski definition) is 4. The summed E-state index contributed by atoms with van der Waals surface area (Å²) in [6.07, 6.45) is 7.66. The molecular formula is C18H27NO2S. The summed E-state index contributed by atoms with van der Waals surface area (Å²) < 4.78 is 11.9. The van der Waals surface area contributed by atoms with Crippen LogP contribution < -0.4 is 14.8 Å². The van der Waals surface area contributed by atoms with Gasteiger partial charge in [0.05, 0.1) is 7.11 Å². The summed E-state index contributed by atoms with van der Waals surface area (Å²) in [6.45, 7) is 1.14. The van der Waals surface area contributed by atoms with Crippen LogP contribution >= 0.6 is 11.8 Å². The van der Waals surface area contributed by atoms with Crippen LogP contribution in [0.2, 0.25) is 0 Å². The Kier molecular flexibility index (Phi) is 5.90. The average molecular weight is 321 g/mol. The molecule has 2 fully saturated rings. The van der Waals surface area contributed by atoms with E-state index in [0.29, 0.717) is 12.1 Å². The number of ether oxygens (including phenoxy) is 2. The van der Waals surface area contributed by atoms with Gasteiger partial charge in [-0.25, -0.2) is 0 Å². The van der Waals surface area contributed by atoms with Crippen molar-refractivity contribution in [2.45, 2.75) is 50.7 Å². The highest BCUT2D eigenvalue weighted by Gasteiger charge is 2.20. The normalized spacial score (nSPS) is 25.7. The highest BCUT2D eigenvalue weighted by atomic mass is 32.2. The molecule has 0 aromatic heterocycles. The van der Waals surface area contributed by atoms with Crippen LogP contribution in [0.15, 0.2) is 18.2 Å². The van der Waals surface area contributed by atoms with Gasteiger partial charge in [-0.2, -0.15) is 11.8 Å². The minimum atomic E-state index is 0.329. The zero-order valence-corrected chi connectivity index (χ0v) is 14.3. The number of para-hydroxylation sites is 1. The fourth-order valence-corrected chi connectivity index (χ4v) is 4.43. The van der Waals surface area contributed by atoms with Crippen LogP contribution in [0, 0.1) is 0 Å². The zero-order chi connectivity index (χ0) is 15.2. The Labute approximate surface area is 138 Å². The lowest BCUT2D eigenvalue weighted by molar-refractivity contribution is 0.201. The van der Waals surface area contributed by atoms with E-state index in [1.165, 1.54) is 37.0 Å². The fraction of sp³-hybridized carbons (Fsp3) is 0.667. The number of nitrogens with one attached hydrogen (secondary N) is 1. The SMILES string of the molecule is COc1c(CC2CCCCN2)cccc1OC1CCCSC1. The number of hydrogen-bond donors (Lipinski definition) is 1. The summed E-state index contributed by atoms with van der Waals surface area (Å²) in [5, 5.41) is 3.62. The summed E-state index contributed by atoms with van der Waals surface area (Å²) >= 11 is 1.99. The first-order valence-corrected chi connectivity index (χ1v) is 9.66. The van der Waals surface area contributed by atoms with Gasteiger partial charge in [0.15, 0.2) is 11.5 Å². The van der Waals surface area contributed by atoms with Gasteiger partial charge in [-0.1, -0.05) is 18.6 Å². The van der Waals surface area contributed by atoms with Crippen LogP contribution in [0.25, 0.3) is 0 Å². The standard InChI is InChI=1S/C18H27NO2S/c1-20-18-14(12-15-7-2-3-10-19-15)6-4-9-17(18)21-16-8-5-11-22-13-16/h4,6,9,15-16,19H,2-3,5,7-8,10-13H2,1H3. The van der Waals surface area contributed by atoms with Crippen molar-refractivity contribution in [2.24, 2.45) is 0 Å². The van der Waals surface area contributed by atoms with Gasteiger partial charge in [0.1, 0.15) is 6.10 Å². The third kappa shape index (κ3) is 4.11. The predicted octanol–water partition coefficient (Wildman–Crippen LogP) is 3.65. The third-order valence-electron chi connectivity index (χ3n) is 4.56. The molecule has 1 N–H and O–H groups in total. The third-order valence-corrected chi connectivity index (χ3v) is 5.74. The summed E-state index contributed by atoms with van der Waals surface area (Å²) in [4.78, 5) is 0. The molecule has 0 radical (unpaired) electrons. The molecular weight excluding hydrogens is 294 g/mol. The number of rotatable bonds is 5. The van der Waals surface area contributed by atoms with Crippen molar-refractivity contribution in [2.75, 3.05) is 25.2 Å². The van der Waals surface area contributed by atoms with Crippen LogP contribution in [0.4, 0.5) is 0 Å². The van der Waals surface area contributed by atoms with E-state index in [-0.39, 0.29) is 0 Å². The molecule has 0 aliphatic carbocycles. The van der Waals surface area contributed by atoms with Gasteiger partial charge < -0.3 is 14.8 Å². The molecule has 2 aliphatic rings. The van der Waals surface area contributed by atoms with E-state index in [0.717, 1.165) is 36.6 Å². The van der Waals surface area contributed by atoms with E-state index in [2.05, 4.69) is 23.5 Å². The van der Waals surface area contributed by atoms with Gasteiger partial charge in [-0.05, 0) is 56.0 Å². The summed E-state index contributed by atoms with van der Waals surface area (Å²) in [7, 11) is 1.76. The van der Waals surface area contributed by atoms with E-state index in [1.807, 2.05) is 11.8 Å². The van der Waals surface area contributed by atoms with Crippen molar-refractivity contribution in [1.82, 2.24) is 5.32 Å². The Morgan fingerprint density at radius 2 is 2.18 bits per heavy atom. The molecule has 122 valence electrons. The highest BCUT2D eigenvalue weighted by Crippen LogP contribution is 2.34. The van der Waals surface area contributed by atoms with Crippen molar-refractivity contribution in [3.63, 3.8) is 0 Å². The Balaban J connectivity index is 1.71. The van der Waals surface area contributed by atoms with Crippen LogP contribution in [0.3, 0.4) is 0 Å². The monoisotopic (exact) mass is 321 g/mol. The second kappa shape index (κ2) is 8.11. The lowest BCUT2D eigenvalue weighted by atomic mass is 9.97. The molecule has 3 rings (SSSR count). The highest BCUT2D eigenvalue weighted by molar-refractivity contribution is 7.99. The maximum Gasteiger partial charge on any atom is 0.163 e. The fourth-order valence-electron chi connectivity index (χ4n) is 3.39. The smallest absolute Gasteiger partial charge is 0.163 e. The van der Waals surface area contributed by atoms with Crippen LogP contribution in [0.5, 0.6) is 11.5 Å². The Morgan fingerprint density at radius 1 is 1.23 bits per heavy atom. The largest absolute Gasteiger partial charge is 0.493 e. The second-order valence-corrected chi connectivity index (χ2v) is 7.41. The van der Waals surface area contributed by atoms with Gasteiger partial charge in [0, 0.05) is 11.8 Å². The van der Waals surface area contributed by atoms with Gasteiger partial charge in [0.25, 0.3) is 0 Å². The minimum Gasteiger partial charge on any atom is -0.493 e. The maximum absolute atomic E-state index is 6.24. The molecule has 2 unspecified atom stereocenters. The van der Waals surface area contributed by atoms with Crippen molar-refractivity contribution >= 4 is 11.8 Å². The Hall–Kier alpha value is -0.870. The van der Waals surface area contributed by atoms with E-state index >= 15 is 0 Å². The van der Waals surface area contributed by atoms with Gasteiger partial charge in [0.2, 0.25) is 0 Å². The molecule has 1 aromatic rings. The van der Waals surface area contributed by atoms with Crippen LogP contribution in [0.1, 0.15) is 37.7 Å². The zero-order valence-electron chi connectivity index (χ0n) is 13.5. The summed E-state index contributed by atoms with van der Waals surface area (Å²) in [6, 6.07) is 6.91. The van der Waals surface area contributed by atoms with E-state index in [4.69, 9.17) is 9.47 Å². The van der Waals surface area contributed by atoms with Crippen molar-refractivity contribution < 1.29 is 9.47 Å². The molecule has 2 heterocycles. The Morgan fingerprint density at radius 3 is 2.91 bits per heavy atom.